The van der Waals surface area contributed by atoms with Gasteiger partial charge in [-0.25, -0.2) is 0 Å². The van der Waals surface area contributed by atoms with Gasteiger partial charge in [0.05, 0.1) is 0 Å². The van der Waals surface area contributed by atoms with E-state index in [0.29, 0.717) is 24.9 Å². The monoisotopic (exact) mass is 211 g/mol. The highest BCUT2D eigenvalue weighted by Crippen LogP contribution is 2.23. The Hall–Kier alpha value is -0.860. The van der Waals surface area contributed by atoms with Crippen LogP contribution in [0, 0.1) is 0 Å². The number of likely N-dealkylation sites (tertiary alicyclic amines) is 1. The molecule has 1 aliphatic heterocycles. The maximum atomic E-state index is 11.9. The van der Waals surface area contributed by atoms with Crippen molar-refractivity contribution in [3.8, 4) is 0 Å². The van der Waals surface area contributed by atoms with Gasteiger partial charge in [-0.15, -0.1) is 0 Å². The predicted molar refractivity (Wildman–Crippen MR) is 59.5 cm³/mol. The fourth-order valence-electron chi connectivity index (χ4n) is 2.32. The average Bonchev–Trinajstić information content (AvgIpc) is 2.14. The Labute approximate surface area is 91.8 Å². The summed E-state index contributed by atoms with van der Waals surface area (Å²) in [6.45, 7) is 5.74. The average molecular weight is 211 g/mol. The van der Waals surface area contributed by atoms with Crippen LogP contribution in [0.15, 0.2) is 0 Å². The Morgan fingerprint density at radius 3 is 2.13 bits per heavy atom. The summed E-state index contributed by atoms with van der Waals surface area (Å²) in [4.78, 5) is 24.7. The van der Waals surface area contributed by atoms with Crippen LogP contribution < -0.4 is 0 Å². The van der Waals surface area contributed by atoms with Gasteiger partial charge < -0.3 is 9.69 Å². The number of carbonyl (C=O) groups excluding carboxylic acids is 2. The number of piperidine rings is 1. The van der Waals surface area contributed by atoms with Crippen molar-refractivity contribution in [2.75, 3.05) is 0 Å². The lowest BCUT2D eigenvalue weighted by Crippen LogP contribution is -2.47. The molecule has 0 N–H and O–H groups in total. The van der Waals surface area contributed by atoms with E-state index in [4.69, 9.17) is 0 Å². The first-order valence-corrected chi connectivity index (χ1v) is 5.83. The Bertz CT molecular complexity index is 240. The third kappa shape index (κ3) is 3.33. The molecule has 1 amide bonds. The van der Waals surface area contributed by atoms with Crippen LogP contribution in [0.25, 0.3) is 0 Å². The molecule has 3 heteroatoms. The van der Waals surface area contributed by atoms with Gasteiger partial charge in [0.15, 0.2) is 0 Å². The third-order valence-electron chi connectivity index (χ3n) is 3.17. The van der Waals surface area contributed by atoms with E-state index in [-0.39, 0.29) is 11.7 Å². The minimum Gasteiger partial charge on any atom is -0.337 e. The summed E-state index contributed by atoms with van der Waals surface area (Å²) in [5.74, 6) is 0.241. The van der Waals surface area contributed by atoms with Crippen LogP contribution in [0.4, 0.5) is 0 Å². The molecule has 0 radical (unpaired) electrons. The minimum absolute atomic E-state index is 0.0978. The van der Waals surface area contributed by atoms with Gasteiger partial charge in [0.2, 0.25) is 5.91 Å². The molecule has 0 saturated carbocycles. The van der Waals surface area contributed by atoms with E-state index < -0.39 is 0 Å². The Balaban J connectivity index is 2.51. The number of amides is 1. The van der Waals surface area contributed by atoms with E-state index in [1.807, 2.05) is 4.90 Å². The number of nitrogens with zero attached hydrogens (tertiary/aromatic N) is 1. The second-order valence-corrected chi connectivity index (χ2v) is 4.63. The van der Waals surface area contributed by atoms with E-state index in [1.54, 1.807) is 0 Å². The summed E-state index contributed by atoms with van der Waals surface area (Å²) >= 11 is 0. The molecule has 0 bridgehead atoms. The molecule has 1 heterocycles. The van der Waals surface area contributed by atoms with Gasteiger partial charge in [-0.3, -0.25) is 4.79 Å². The molecule has 1 fully saturated rings. The predicted octanol–water partition coefficient (Wildman–Crippen LogP) is 2.15. The summed E-state index contributed by atoms with van der Waals surface area (Å²) in [6, 6.07) is 0.682. The van der Waals surface area contributed by atoms with Gasteiger partial charge in [-0.2, -0.15) is 0 Å². The number of carbonyl (C=O) groups is 2. The van der Waals surface area contributed by atoms with E-state index in [1.165, 1.54) is 13.3 Å². The van der Waals surface area contributed by atoms with Crippen molar-refractivity contribution in [2.24, 2.45) is 0 Å². The van der Waals surface area contributed by atoms with Gasteiger partial charge in [0, 0.05) is 24.9 Å². The smallest absolute Gasteiger partial charge is 0.223 e. The number of ketones is 1. The van der Waals surface area contributed by atoms with Gasteiger partial charge in [0.1, 0.15) is 5.78 Å². The summed E-state index contributed by atoms with van der Waals surface area (Å²) in [7, 11) is 0. The number of hydrogen-bond donors (Lipinski definition) is 0. The molecule has 0 aromatic carbocycles. The molecule has 86 valence electrons. The molecule has 1 rings (SSSR count). The van der Waals surface area contributed by atoms with Crippen LogP contribution in [0.5, 0.6) is 0 Å². The maximum absolute atomic E-state index is 11.9. The largest absolute Gasteiger partial charge is 0.337 e. The van der Waals surface area contributed by atoms with Crippen LogP contribution in [-0.2, 0) is 9.59 Å². The number of Topliss-reactive ketones (excluding diaryl/α,β-unsaturated/α-hetero) is 1. The highest BCUT2D eigenvalue weighted by Gasteiger charge is 2.28. The van der Waals surface area contributed by atoms with Crippen LogP contribution >= 0.6 is 0 Å². The minimum atomic E-state index is 0.0978. The zero-order valence-corrected chi connectivity index (χ0v) is 9.95. The molecule has 0 spiro atoms. The van der Waals surface area contributed by atoms with Crippen LogP contribution in [0.2, 0.25) is 0 Å². The van der Waals surface area contributed by atoms with Crippen molar-refractivity contribution in [3.05, 3.63) is 0 Å². The topological polar surface area (TPSA) is 37.4 Å². The first kappa shape index (κ1) is 12.2. The second kappa shape index (κ2) is 5.29. The zero-order valence-electron chi connectivity index (χ0n) is 9.95. The van der Waals surface area contributed by atoms with Crippen molar-refractivity contribution >= 4 is 11.7 Å². The highest BCUT2D eigenvalue weighted by atomic mass is 16.2. The Morgan fingerprint density at radius 2 is 1.67 bits per heavy atom. The molecule has 1 aliphatic rings. The summed E-state index contributed by atoms with van der Waals surface area (Å²) in [5.41, 5.74) is 0. The number of rotatable bonds is 3. The molecular formula is C12H21NO2. The molecule has 0 aromatic rings. The van der Waals surface area contributed by atoms with Crippen molar-refractivity contribution in [3.63, 3.8) is 0 Å². The lowest BCUT2D eigenvalue weighted by molar-refractivity contribution is -0.138. The van der Waals surface area contributed by atoms with Gasteiger partial charge in [-0.05, 0) is 40.0 Å². The quantitative estimate of drug-likeness (QED) is 0.717. The third-order valence-corrected chi connectivity index (χ3v) is 3.17. The molecule has 0 unspecified atom stereocenters. The Morgan fingerprint density at radius 1 is 1.13 bits per heavy atom. The standard InChI is InChI=1S/C12H21NO2/c1-9-5-4-6-10(2)13(9)12(15)8-7-11(3)14/h9-10H,4-8H2,1-3H3/t9-,10+. The molecular weight excluding hydrogens is 190 g/mol. The van der Waals surface area contributed by atoms with Crippen LogP contribution in [-0.4, -0.2) is 28.7 Å². The van der Waals surface area contributed by atoms with E-state index in [2.05, 4.69) is 13.8 Å². The van der Waals surface area contributed by atoms with E-state index >= 15 is 0 Å². The lowest BCUT2D eigenvalue weighted by atomic mass is 9.97. The van der Waals surface area contributed by atoms with Gasteiger partial charge in [-0.1, -0.05) is 0 Å². The summed E-state index contributed by atoms with van der Waals surface area (Å²) in [6.07, 6.45) is 4.16. The zero-order chi connectivity index (χ0) is 11.4. The van der Waals surface area contributed by atoms with Crippen molar-refractivity contribution in [1.29, 1.82) is 0 Å². The second-order valence-electron chi connectivity index (χ2n) is 4.63. The molecule has 0 aromatic heterocycles. The van der Waals surface area contributed by atoms with E-state index in [0.717, 1.165) is 12.8 Å². The maximum Gasteiger partial charge on any atom is 0.223 e. The SMILES string of the molecule is CC(=O)CCC(=O)N1[C@H](C)CCC[C@@H]1C. The van der Waals surface area contributed by atoms with Gasteiger partial charge in [0.25, 0.3) is 0 Å². The molecule has 2 atom stereocenters. The Kier molecular flexibility index (Phi) is 4.30. The first-order valence-electron chi connectivity index (χ1n) is 5.83. The van der Waals surface area contributed by atoms with E-state index in [9.17, 15) is 9.59 Å². The number of hydrogen-bond acceptors (Lipinski definition) is 2. The van der Waals surface area contributed by atoms with Crippen molar-refractivity contribution in [1.82, 2.24) is 4.90 Å². The van der Waals surface area contributed by atoms with Gasteiger partial charge >= 0.3 is 0 Å². The fraction of sp³-hybridized carbons (Fsp3) is 0.833. The van der Waals surface area contributed by atoms with Crippen LogP contribution in [0.1, 0.15) is 52.9 Å². The normalized spacial score (nSPS) is 26.5. The van der Waals surface area contributed by atoms with Crippen molar-refractivity contribution < 1.29 is 9.59 Å². The first-order chi connectivity index (χ1) is 7.02. The molecule has 3 nitrogen and oxygen atoms in total. The summed E-state index contributed by atoms with van der Waals surface area (Å²) in [5, 5.41) is 0. The summed E-state index contributed by atoms with van der Waals surface area (Å²) < 4.78 is 0. The van der Waals surface area contributed by atoms with Crippen LogP contribution in [0.3, 0.4) is 0 Å². The highest BCUT2D eigenvalue weighted by molar-refractivity contribution is 5.83. The fourth-order valence-corrected chi connectivity index (χ4v) is 2.32. The molecule has 15 heavy (non-hydrogen) atoms. The lowest BCUT2D eigenvalue weighted by Gasteiger charge is -2.39. The van der Waals surface area contributed by atoms with Crippen molar-refractivity contribution in [2.45, 2.75) is 65.0 Å². The molecule has 0 aliphatic carbocycles. The molecule has 1 saturated heterocycles.